The molecule has 1 aliphatic heterocycles. The highest BCUT2D eigenvalue weighted by Crippen LogP contribution is 2.20. The third kappa shape index (κ3) is 20.6. The van der Waals surface area contributed by atoms with Crippen LogP contribution in [0, 0.1) is 0 Å². The van der Waals surface area contributed by atoms with Crippen LogP contribution in [-0.4, -0.2) is 172 Å². The van der Waals surface area contributed by atoms with Gasteiger partial charge in [-0.25, -0.2) is 0 Å². The summed E-state index contributed by atoms with van der Waals surface area (Å²) in [6, 6.07) is -10.9. The summed E-state index contributed by atoms with van der Waals surface area (Å²) in [5, 5.41) is 50.4. The van der Waals surface area contributed by atoms with Gasteiger partial charge in [-0.3, -0.25) is 57.7 Å². The Labute approximate surface area is 360 Å². The minimum atomic E-state index is -1.94. The fourth-order valence-corrected chi connectivity index (χ4v) is 6.07. The molecule has 1 fully saturated rings. The number of hydrogen-bond donors (Lipinski definition) is 15. The number of unbranched alkanes of at least 4 members (excludes halogenated alkanes) is 1. The fraction of sp³-hybridized carbons (Fsp3) is 0.657. The third-order valence-corrected chi connectivity index (χ3v) is 9.26. The van der Waals surface area contributed by atoms with Crippen molar-refractivity contribution in [3.8, 4) is 0 Å². The molecule has 0 unspecified atom stereocenters. The highest BCUT2D eigenvalue weighted by Gasteiger charge is 2.40. The number of nitrogens with two attached hydrogens (primary N) is 5. The number of nitrogens with one attached hydrogen (secondary N) is 6. The number of carboxylic acids is 3. The van der Waals surface area contributed by atoms with Crippen LogP contribution in [0.4, 0.5) is 0 Å². The number of carbonyl (C=O) groups excluding carboxylic acids is 8. The van der Waals surface area contributed by atoms with Crippen LogP contribution in [0.3, 0.4) is 0 Å². The van der Waals surface area contributed by atoms with Crippen molar-refractivity contribution in [3.05, 3.63) is 0 Å². The molecule has 0 spiro atoms. The molecule has 20 N–H and O–H groups in total. The lowest BCUT2D eigenvalue weighted by Gasteiger charge is -2.30. The first-order valence-corrected chi connectivity index (χ1v) is 19.8. The van der Waals surface area contributed by atoms with Crippen molar-refractivity contribution in [1.29, 1.82) is 0 Å². The van der Waals surface area contributed by atoms with Crippen molar-refractivity contribution in [3.63, 3.8) is 0 Å². The number of nitrogens with zero attached hydrogens (tertiary/aromatic N) is 2. The maximum absolute atomic E-state index is 14.0. The van der Waals surface area contributed by atoms with E-state index in [1.54, 1.807) is 0 Å². The van der Waals surface area contributed by atoms with E-state index in [0.29, 0.717) is 6.42 Å². The van der Waals surface area contributed by atoms with Crippen LogP contribution < -0.4 is 60.6 Å². The van der Waals surface area contributed by atoms with Crippen LogP contribution in [0.25, 0.3) is 0 Å². The van der Waals surface area contributed by atoms with E-state index < -0.39 is 140 Å². The van der Waals surface area contributed by atoms with E-state index >= 15 is 0 Å². The van der Waals surface area contributed by atoms with E-state index in [1.807, 2.05) is 5.32 Å². The number of amides is 8. The first kappa shape index (κ1) is 54.3. The Bertz CT molecular complexity index is 1690. The van der Waals surface area contributed by atoms with Gasteiger partial charge in [0, 0.05) is 19.5 Å². The number of guanidine groups is 1. The van der Waals surface area contributed by atoms with Crippen LogP contribution in [0.15, 0.2) is 4.99 Å². The zero-order valence-corrected chi connectivity index (χ0v) is 34.4. The predicted octanol–water partition coefficient (Wildman–Crippen LogP) is -7.68. The Morgan fingerprint density at radius 2 is 1.22 bits per heavy atom. The summed E-state index contributed by atoms with van der Waals surface area (Å²) in [7, 11) is 0. The molecule has 0 aromatic heterocycles. The molecule has 354 valence electrons. The zero-order chi connectivity index (χ0) is 47.8. The monoisotopic (exact) mass is 901 g/mol. The Balaban J connectivity index is 3.39. The summed E-state index contributed by atoms with van der Waals surface area (Å²) in [4.78, 5) is 144. The van der Waals surface area contributed by atoms with Gasteiger partial charge in [0.1, 0.15) is 42.8 Å². The predicted molar refractivity (Wildman–Crippen MR) is 216 cm³/mol. The van der Waals surface area contributed by atoms with Gasteiger partial charge >= 0.3 is 17.9 Å². The Hall–Kier alpha value is -6.68. The molecular weight excluding hydrogens is 842 g/mol. The van der Waals surface area contributed by atoms with Gasteiger partial charge in [-0.15, -0.1) is 0 Å². The van der Waals surface area contributed by atoms with Crippen molar-refractivity contribution >= 4 is 71.1 Å². The van der Waals surface area contributed by atoms with E-state index in [1.165, 1.54) is 0 Å². The molecule has 0 radical (unpaired) electrons. The standard InChI is InChI=1S/C35H59N13O15/c36-10-2-1-5-18(43-28(57)17(37)8-9-25(51)52)30(59)46-21(14-26(53)54)32(61)45-20(13-24(38)50)31(60)44-19(6-3-11-41-35(39)40)34(63)48-12-4-7-23(48)33(62)47-22(16-49)29(58)42-15-27(55)56/h17-23,49H,1-16,36-37H2,(H2,38,50)(H,42,58)(H,43,57)(H,44,60)(H,45,61)(H,46,59)(H,47,62)(H,51,52)(H,53,54)(H,55,56)(H4,39,40,41)/t17-,18-,19-,20-,21-,22-,23-/m0/s1. The molecule has 7 atom stereocenters. The highest BCUT2D eigenvalue weighted by molar-refractivity contribution is 5.99. The summed E-state index contributed by atoms with van der Waals surface area (Å²) in [5.74, 6) is -12.9. The van der Waals surface area contributed by atoms with Crippen LogP contribution in [-0.2, 0) is 52.7 Å². The molecule has 1 heterocycles. The SMILES string of the molecule is NCCCC[C@H](NC(=O)[C@@H](N)CCC(=O)O)C(=O)N[C@@H](CC(=O)O)C(=O)N[C@@H](CC(N)=O)C(=O)N[C@@H](CCCN=C(N)N)C(=O)N1CCC[C@H]1C(=O)N[C@@H](CO)C(=O)NCC(=O)O. The quantitative estimate of drug-likeness (QED) is 0.0181. The number of carbonyl (C=O) groups is 11. The largest absolute Gasteiger partial charge is 0.481 e. The van der Waals surface area contributed by atoms with Crippen molar-refractivity contribution in [2.24, 2.45) is 33.7 Å². The summed E-state index contributed by atoms with van der Waals surface area (Å²) < 4.78 is 0. The van der Waals surface area contributed by atoms with Gasteiger partial charge < -0.3 is 85.9 Å². The lowest BCUT2D eigenvalue weighted by molar-refractivity contribution is -0.143. The topological polar surface area (TPSA) is 487 Å². The Kier molecular flexibility index (Phi) is 24.2. The van der Waals surface area contributed by atoms with Crippen molar-refractivity contribution < 1.29 is 73.2 Å². The van der Waals surface area contributed by atoms with Crippen LogP contribution >= 0.6 is 0 Å². The van der Waals surface area contributed by atoms with Crippen molar-refractivity contribution in [1.82, 2.24) is 36.8 Å². The molecule has 0 bridgehead atoms. The van der Waals surface area contributed by atoms with Crippen LogP contribution in [0.1, 0.15) is 70.6 Å². The lowest BCUT2D eigenvalue weighted by atomic mass is 10.0. The Morgan fingerprint density at radius 3 is 1.76 bits per heavy atom. The first-order chi connectivity index (χ1) is 29.6. The number of aliphatic hydroxyl groups excluding tert-OH is 1. The highest BCUT2D eigenvalue weighted by atomic mass is 16.4. The maximum atomic E-state index is 14.0. The van der Waals surface area contributed by atoms with Gasteiger partial charge in [-0.1, -0.05) is 0 Å². The number of carboxylic acid groups (broad SMARTS) is 3. The normalized spacial score (nSPS) is 16.0. The smallest absolute Gasteiger partial charge is 0.322 e. The van der Waals surface area contributed by atoms with Gasteiger partial charge in [0.25, 0.3) is 0 Å². The minimum absolute atomic E-state index is 0.0356. The maximum Gasteiger partial charge on any atom is 0.322 e. The number of primary amides is 1. The van der Waals surface area contributed by atoms with Gasteiger partial charge in [0.15, 0.2) is 5.96 Å². The number of aliphatic carboxylic acids is 3. The summed E-state index contributed by atoms with van der Waals surface area (Å²) in [5.41, 5.74) is 27.5. The van der Waals surface area contributed by atoms with Gasteiger partial charge in [0.05, 0.1) is 25.5 Å². The molecule has 8 amide bonds. The number of likely N-dealkylation sites (tertiary alicyclic amines) is 1. The zero-order valence-electron chi connectivity index (χ0n) is 34.4. The average Bonchev–Trinajstić information content (AvgIpc) is 3.70. The number of aliphatic imine (C=N–C) groups is 1. The average molecular weight is 902 g/mol. The minimum Gasteiger partial charge on any atom is -0.481 e. The lowest BCUT2D eigenvalue weighted by Crippen LogP contribution is -2.60. The van der Waals surface area contributed by atoms with E-state index in [4.69, 9.17) is 38.9 Å². The first-order valence-electron chi connectivity index (χ1n) is 19.8. The van der Waals surface area contributed by atoms with Crippen LogP contribution in [0.2, 0.25) is 0 Å². The second-order valence-electron chi connectivity index (χ2n) is 14.3. The molecular formula is C35H59N13O15. The molecule has 28 heteroatoms. The van der Waals surface area contributed by atoms with Crippen LogP contribution in [0.5, 0.6) is 0 Å². The molecule has 0 saturated carbocycles. The summed E-state index contributed by atoms with van der Waals surface area (Å²) >= 11 is 0. The van der Waals surface area contributed by atoms with E-state index in [2.05, 4.69) is 31.6 Å². The second kappa shape index (κ2) is 28.0. The van der Waals surface area contributed by atoms with Crippen molar-refractivity contribution in [2.75, 3.05) is 32.8 Å². The second-order valence-corrected chi connectivity index (χ2v) is 14.3. The molecule has 1 rings (SSSR count). The molecule has 0 aromatic carbocycles. The van der Waals surface area contributed by atoms with Crippen molar-refractivity contribution in [2.45, 2.75) is 113 Å². The Morgan fingerprint density at radius 1 is 0.651 bits per heavy atom. The summed E-state index contributed by atoms with van der Waals surface area (Å²) in [6.45, 7) is -1.62. The van der Waals surface area contributed by atoms with Gasteiger partial charge in [0.2, 0.25) is 47.3 Å². The van der Waals surface area contributed by atoms with E-state index in [-0.39, 0.29) is 70.5 Å². The molecule has 0 aliphatic carbocycles. The van der Waals surface area contributed by atoms with Gasteiger partial charge in [-0.05, 0) is 57.9 Å². The van der Waals surface area contributed by atoms with Gasteiger partial charge in [-0.2, -0.15) is 0 Å². The molecule has 0 aromatic rings. The van der Waals surface area contributed by atoms with E-state index in [9.17, 15) is 63.0 Å². The fourth-order valence-electron chi connectivity index (χ4n) is 6.07. The number of rotatable bonds is 30. The number of hydrogen-bond acceptors (Lipinski definition) is 15. The molecule has 63 heavy (non-hydrogen) atoms. The summed E-state index contributed by atoms with van der Waals surface area (Å²) in [6.07, 6.45) is -1.99. The third-order valence-electron chi connectivity index (χ3n) is 9.26. The molecule has 28 nitrogen and oxygen atoms in total. The molecule has 1 saturated heterocycles. The molecule has 1 aliphatic rings. The number of aliphatic hydroxyl groups is 1. The van der Waals surface area contributed by atoms with E-state index in [0.717, 1.165) is 4.90 Å².